The van der Waals surface area contributed by atoms with Crippen LogP contribution in [0, 0.1) is 0 Å². The first kappa shape index (κ1) is 14.8. The van der Waals surface area contributed by atoms with E-state index >= 15 is 0 Å². The van der Waals surface area contributed by atoms with Crippen LogP contribution in [-0.2, 0) is 11.2 Å². The van der Waals surface area contributed by atoms with Crippen molar-refractivity contribution in [1.82, 2.24) is 5.32 Å². The maximum atomic E-state index is 12.1. The predicted molar refractivity (Wildman–Crippen MR) is 88.2 cm³/mol. The number of quaternary nitrogens is 1. The van der Waals surface area contributed by atoms with Gasteiger partial charge in [-0.1, -0.05) is 13.0 Å². The standard InChI is InChI=1S/C16H20N2OS2/c1-2-7-17-15(19)11-18-8-5-13-12(6-10-21-13)16(18)14-4-3-9-20-14/h3-4,6,9-10,16H,2,5,7-8,11H2,1H3,(H,17,19)/p+1/t16-/m1/s1. The van der Waals surface area contributed by atoms with Crippen molar-refractivity contribution in [1.29, 1.82) is 0 Å². The molecule has 2 aromatic heterocycles. The van der Waals surface area contributed by atoms with Crippen molar-refractivity contribution in [2.24, 2.45) is 0 Å². The molecule has 0 fully saturated rings. The van der Waals surface area contributed by atoms with Gasteiger partial charge in [0.15, 0.2) is 6.54 Å². The lowest BCUT2D eigenvalue weighted by molar-refractivity contribution is -0.919. The van der Waals surface area contributed by atoms with Gasteiger partial charge >= 0.3 is 0 Å². The van der Waals surface area contributed by atoms with Crippen molar-refractivity contribution < 1.29 is 9.69 Å². The number of nitrogens with one attached hydrogen (secondary N) is 2. The van der Waals surface area contributed by atoms with Gasteiger partial charge in [0.25, 0.3) is 5.91 Å². The van der Waals surface area contributed by atoms with Gasteiger partial charge in [-0.2, -0.15) is 0 Å². The molecule has 2 atom stereocenters. The zero-order valence-corrected chi connectivity index (χ0v) is 13.9. The normalized spacial score (nSPS) is 21.0. The summed E-state index contributed by atoms with van der Waals surface area (Å²) in [6.45, 7) is 4.47. The van der Waals surface area contributed by atoms with Crippen molar-refractivity contribution in [2.45, 2.75) is 25.8 Å². The summed E-state index contributed by atoms with van der Waals surface area (Å²) in [6, 6.07) is 6.88. The first-order chi connectivity index (χ1) is 10.3. The molecule has 1 aliphatic rings. The lowest BCUT2D eigenvalue weighted by atomic mass is 9.98. The number of hydrogen-bond acceptors (Lipinski definition) is 3. The molecule has 0 radical (unpaired) electrons. The first-order valence-electron chi connectivity index (χ1n) is 7.50. The Kier molecular flexibility index (Phi) is 4.73. The third-order valence-corrected chi connectivity index (χ3v) is 5.89. The van der Waals surface area contributed by atoms with E-state index in [1.165, 1.54) is 20.2 Å². The lowest BCUT2D eigenvalue weighted by Gasteiger charge is -2.31. The van der Waals surface area contributed by atoms with E-state index in [1.54, 1.807) is 11.3 Å². The molecule has 3 rings (SSSR count). The van der Waals surface area contributed by atoms with Crippen molar-refractivity contribution in [3.63, 3.8) is 0 Å². The molecule has 5 heteroatoms. The number of carbonyl (C=O) groups excluding carboxylic acids is 1. The van der Waals surface area contributed by atoms with Crippen LogP contribution in [0.2, 0.25) is 0 Å². The summed E-state index contributed by atoms with van der Waals surface area (Å²) in [6.07, 6.45) is 2.08. The summed E-state index contributed by atoms with van der Waals surface area (Å²) in [5.74, 6) is 0.173. The van der Waals surface area contributed by atoms with Crippen LogP contribution in [0.15, 0.2) is 29.0 Å². The van der Waals surface area contributed by atoms with Crippen LogP contribution in [0.25, 0.3) is 0 Å². The summed E-state index contributed by atoms with van der Waals surface area (Å²) in [7, 11) is 0. The SMILES string of the molecule is CCCNC(=O)C[NH+]1CCc2sccc2[C@@H]1c1cccs1. The summed E-state index contributed by atoms with van der Waals surface area (Å²) in [4.78, 5) is 16.3. The van der Waals surface area contributed by atoms with Crippen LogP contribution in [0.1, 0.15) is 34.7 Å². The molecule has 0 saturated carbocycles. The zero-order valence-electron chi connectivity index (χ0n) is 12.2. The van der Waals surface area contributed by atoms with E-state index < -0.39 is 0 Å². The van der Waals surface area contributed by atoms with Crippen LogP contribution < -0.4 is 10.2 Å². The molecule has 3 heterocycles. The molecule has 0 aliphatic carbocycles. The van der Waals surface area contributed by atoms with E-state index in [9.17, 15) is 4.79 Å². The molecule has 1 amide bonds. The highest BCUT2D eigenvalue weighted by molar-refractivity contribution is 7.10. The minimum Gasteiger partial charge on any atom is -0.351 e. The van der Waals surface area contributed by atoms with Gasteiger partial charge in [0.2, 0.25) is 0 Å². The number of carbonyl (C=O) groups is 1. The number of amides is 1. The molecule has 0 bridgehead atoms. The maximum absolute atomic E-state index is 12.1. The Morgan fingerprint density at radius 3 is 3.05 bits per heavy atom. The average molecular weight is 321 g/mol. The number of hydrogen-bond donors (Lipinski definition) is 2. The topological polar surface area (TPSA) is 33.5 Å². The van der Waals surface area contributed by atoms with E-state index in [1.807, 2.05) is 11.3 Å². The van der Waals surface area contributed by atoms with E-state index in [-0.39, 0.29) is 5.91 Å². The van der Waals surface area contributed by atoms with Crippen LogP contribution in [0.4, 0.5) is 0 Å². The minimum atomic E-state index is 0.173. The molecule has 1 aliphatic heterocycles. The Morgan fingerprint density at radius 2 is 2.29 bits per heavy atom. The highest BCUT2D eigenvalue weighted by Crippen LogP contribution is 2.31. The molecular weight excluding hydrogens is 300 g/mol. The quantitative estimate of drug-likeness (QED) is 0.866. The van der Waals surface area contributed by atoms with Crippen molar-refractivity contribution in [3.05, 3.63) is 44.3 Å². The second kappa shape index (κ2) is 6.73. The molecule has 0 saturated heterocycles. The average Bonchev–Trinajstić information content (AvgIpc) is 3.15. The minimum absolute atomic E-state index is 0.173. The fraction of sp³-hybridized carbons (Fsp3) is 0.438. The van der Waals surface area contributed by atoms with Gasteiger partial charge in [-0.25, -0.2) is 0 Å². The van der Waals surface area contributed by atoms with E-state index in [4.69, 9.17) is 0 Å². The summed E-state index contributed by atoms with van der Waals surface area (Å²) in [5, 5.41) is 7.33. The van der Waals surface area contributed by atoms with Crippen LogP contribution >= 0.6 is 22.7 Å². The Hall–Kier alpha value is -1.17. The molecule has 2 N–H and O–H groups in total. The number of fused-ring (bicyclic) bond motifs is 1. The highest BCUT2D eigenvalue weighted by atomic mass is 32.1. The molecule has 112 valence electrons. The fourth-order valence-corrected chi connectivity index (χ4v) is 4.80. The van der Waals surface area contributed by atoms with Crippen LogP contribution in [0.3, 0.4) is 0 Å². The van der Waals surface area contributed by atoms with Gasteiger partial charge in [0, 0.05) is 23.4 Å². The Morgan fingerprint density at radius 1 is 1.38 bits per heavy atom. The highest BCUT2D eigenvalue weighted by Gasteiger charge is 2.34. The van der Waals surface area contributed by atoms with E-state index in [0.717, 1.165) is 25.9 Å². The summed E-state index contributed by atoms with van der Waals surface area (Å²) < 4.78 is 0. The fourth-order valence-electron chi connectivity index (χ4n) is 2.98. The zero-order chi connectivity index (χ0) is 14.7. The predicted octanol–water partition coefficient (Wildman–Crippen LogP) is 1.87. The molecule has 2 aromatic rings. The number of rotatable bonds is 5. The van der Waals surface area contributed by atoms with Gasteiger partial charge in [-0.3, -0.25) is 4.79 Å². The Labute approximate surface area is 133 Å². The third kappa shape index (κ3) is 3.20. The number of thiophene rings is 2. The molecule has 3 nitrogen and oxygen atoms in total. The first-order valence-corrected chi connectivity index (χ1v) is 9.26. The Bertz CT molecular complexity index is 591. The second-order valence-electron chi connectivity index (χ2n) is 5.43. The van der Waals surface area contributed by atoms with Crippen LogP contribution in [0.5, 0.6) is 0 Å². The van der Waals surface area contributed by atoms with Crippen molar-refractivity contribution in [2.75, 3.05) is 19.6 Å². The monoisotopic (exact) mass is 321 g/mol. The maximum Gasteiger partial charge on any atom is 0.275 e. The van der Waals surface area contributed by atoms with Crippen molar-refractivity contribution >= 4 is 28.6 Å². The van der Waals surface area contributed by atoms with Gasteiger partial charge < -0.3 is 10.2 Å². The van der Waals surface area contributed by atoms with E-state index in [0.29, 0.717) is 12.6 Å². The van der Waals surface area contributed by atoms with E-state index in [2.05, 4.69) is 41.2 Å². The molecular formula is C16H21N2OS2+. The summed E-state index contributed by atoms with van der Waals surface area (Å²) >= 11 is 3.65. The van der Waals surface area contributed by atoms with Gasteiger partial charge in [-0.05, 0) is 29.3 Å². The largest absolute Gasteiger partial charge is 0.351 e. The molecule has 21 heavy (non-hydrogen) atoms. The van der Waals surface area contributed by atoms with Crippen molar-refractivity contribution in [3.8, 4) is 0 Å². The molecule has 0 spiro atoms. The second-order valence-corrected chi connectivity index (χ2v) is 7.41. The lowest BCUT2D eigenvalue weighted by Crippen LogP contribution is -3.14. The summed E-state index contributed by atoms with van der Waals surface area (Å²) in [5.41, 5.74) is 1.42. The third-order valence-electron chi connectivity index (χ3n) is 3.96. The molecule has 1 unspecified atom stereocenters. The Balaban J connectivity index is 1.81. The van der Waals surface area contributed by atoms with Crippen LogP contribution in [-0.4, -0.2) is 25.5 Å². The smallest absolute Gasteiger partial charge is 0.275 e. The molecule has 0 aromatic carbocycles. The van der Waals surface area contributed by atoms with Gasteiger partial charge in [0.05, 0.1) is 11.4 Å². The van der Waals surface area contributed by atoms with Gasteiger partial charge in [-0.15, -0.1) is 22.7 Å². The van der Waals surface area contributed by atoms with Gasteiger partial charge in [0.1, 0.15) is 6.04 Å².